The van der Waals surface area contributed by atoms with E-state index >= 15 is 0 Å². The first kappa shape index (κ1) is 9.56. The Bertz CT molecular complexity index is 278. The number of anilines is 1. The molecule has 2 rings (SSSR count). The topological polar surface area (TPSA) is 43.8 Å². The summed E-state index contributed by atoms with van der Waals surface area (Å²) in [4.78, 5) is 0. The van der Waals surface area contributed by atoms with Crippen LogP contribution in [0.5, 0.6) is 0 Å². The van der Waals surface area contributed by atoms with Crippen molar-refractivity contribution in [2.24, 2.45) is 13.0 Å². The van der Waals surface area contributed by atoms with Crippen LogP contribution in [0, 0.1) is 5.92 Å². The molecule has 3 heteroatoms. The van der Waals surface area contributed by atoms with Crippen LogP contribution < -0.4 is 5.73 Å². The van der Waals surface area contributed by atoms with Crippen LogP contribution in [0.4, 0.5) is 5.82 Å². The van der Waals surface area contributed by atoms with Crippen molar-refractivity contribution >= 4 is 5.82 Å². The van der Waals surface area contributed by atoms with Crippen LogP contribution >= 0.6 is 0 Å². The summed E-state index contributed by atoms with van der Waals surface area (Å²) in [6.07, 6.45) is 8.07. The standard InChI is InChI=1S/C11H19N3/c1-14-11(12)8-10(13-14)7-9-5-3-2-4-6-9/h8-9H,2-7,12H2,1H3. The Morgan fingerprint density at radius 3 is 2.71 bits per heavy atom. The third-order valence-corrected chi connectivity index (χ3v) is 3.19. The minimum absolute atomic E-state index is 0.774. The van der Waals surface area contributed by atoms with Crippen molar-refractivity contribution in [3.05, 3.63) is 11.8 Å². The van der Waals surface area contributed by atoms with Gasteiger partial charge in [0.05, 0.1) is 5.69 Å². The second-order valence-electron chi connectivity index (χ2n) is 4.39. The van der Waals surface area contributed by atoms with Crippen LogP contribution in [-0.4, -0.2) is 9.78 Å². The van der Waals surface area contributed by atoms with Crippen LogP contribution in [0.1, 0.15) is 37.8 Å². The van der Waals surface area contributed by atoms with Crippen molar-refractivity contribution in [3.8, 4) is 0 Å². The minimum Gasteiger partial charge on any atom is -0.384 e. The number of nitrogens with zero attached hydrogens (tertiary/aromatic N) is 2. The molecule has 14 heavy (non-hydrogen) atoms. The Labute approximate surface area is 85.3 Å². The average molecular weight is 193 g/mol. The van der Waals surface area contributed by atoms with Gasteiger partial charge >= 0.3 is 0 Å². The van der Waals surface area contributed by atoms with Gasteiger partial charge in [-0.05, 0) is 12.3 Å². The Morgan fingerprint density at radius 1 is 1.43 bits per heavy atom. The second-order valence-corrected chi connectivity index (χ2v) is 4.39. The first-order valence-corrected chi connectivity index (χ1v) is 5.54. The molecule has 0 radical (unpaired) electrons. The Kier molecular flexibility index (Phi) is 2.75. The summed E-state index contributed by atoms with van der Waals surface area (Å²) in [6, 6.07) is 2.01. The molecule has 0 aromatic carbocycles. The maximum Gasteiger partial charge on any atom is 0.121 e. The van der Waals surface area contributed by atoms with Gasteiger partial charge in [0.2, 0.25) is 0 Å². The van der Waals surface area contributed by atoms with Crippen molar-refractivity contribution in [2.75, 3.05) is 5.73 Å². The first-order valence-electron chi connectivity index (χ1n) is 5.54. The molecule has 3 nitrogen and oxygen atoms in total. The fourth-order valence-electron chi connectivity index (χ4n) is 2.33. The van der Waals surface area contributed by atoms with E-state index in [1.165, 1.54) is 32.1 Å². The number of aryl methyl sites for hydroxylation is 1. The molecule has 1 heterocycles. The fourth-order valence-corrected chi connectivity index (χ4v) is 2.33. The molecular weight excluding hydrogens is 174 g/mol. The molecule has 0 aliphatic heterocycles. The molecule has 0 saturated heterocycles. The zero-order valence-electron chi connectivity index (χ0n) is 8.87. The van der Waals surface area contributed by atoms with Crippen LogP contribution in [0.25, 0.3) is 0 Å². The van der Waals surface area contributed by atoms with Gasteiger partial charge in [-0.3, -0.25) is 4.68 Å². The largest absolute Gasteiger partial charge is 0.384 e. The molecule has 0 atom stereocenters. The summed E-state index contributed by atoms with van der Waals surface area (Å²) in [5.74, 6) is 1.62. The third kappa shape index (κ3) is 2.08. The average Bonchev–Trinajstić information content (AvgIpc) is 2.47. The monoisotopic (exact) mass is 193 g/mol. The molecule has 2 N–H and O–H groups in total. The third-order valence-electron chi connectivity index (χ3n) is 3.19. The molecule has 0 bridgehead atoms. The van der Waals surface area contributed by atoms with Gasteiger partial charge in [-0.2, -0.15) is 5.10 Å². The number of hydrogen-bond donors (Lipinski definition) is 1. The quantitative estimate of drug-likeness (QED) is 0.782. The lowest BCUT2D eigenvalue weighted by molar-refractivity contribution is 0.353. The number of nitrogen functional groups attached to an aromatic ring is 1. The molecule has 0 spiro atoms. The van der Waals surface area contributed by atoms with E-state index in [0.29, 0.717) is 0 Å². The molecule has 1 saturated carbocycles. The predicted octanol–water partition coefficient (Wildman–Crippen LogP) is 2.13. The zero-order chi connectivity index (χ0) is 9.97. The molecule has 1 fully saturated rings. The highest BCUT2D eigenvalue weighted by molar-refractivity contribution is 5.30. The summed E-state index contributed by atoms with van der Waals surface area (Å²) < 4.78 is 1.76. The lowest BCUT2D eigenvalue weighted by atomic mass is 9.86. The lowest BCUT2D eigenvalue weighted by Crippen LogP contribution is -2.09. The highest BCUT2D eigenvalue weighted by atomic mass is 15.3. The lowest BCUT2D eigenvalue weighted by Gasteiger charge is -2.20. The molecule has 1 aliphatic carbocycles. The smallest absolute Gasteiger partial charge is 0.121 e. The molecule has 1 aromatic heterocycles. The summed E-state index contributed by atoms with van der Waals surface area (Å²) in [7, 11) is 1.90. The van der Waals surface area contributed by atoms with E-state index < -0.39 is 0 Å². The number of aromatic nitrogens is 2. The van der Waals surface area contributed by atoms with Gasteiger partial charge in [-0.25, -0.2) is 0 Å². The normalized spacial score (nSPS) is 18.6. The van der Waals surface area contributed by atoms with E-state index in [9.17, 15) is 0 Å². The number of rotatable bonds is 2. The summed E-state index contributed by atoms with van der Waals surface area (Å²) in [5.41, 5.74) is 6.91. The highest BCUT2D eigenvalue weighted by Gasteiger charge is 2.15. The van der Waals surface area contributed by atoms with Crippen molar-refractivity contribution in [3.63, 3.8) is 0 Å². The van der Waals surface area contributed by atoms with Gasteiger partial charge in [-0.1, -0.05) is 32.1 Å². The van der Waals surface area contributed by atoms with E-state index in [2.05, 4.69) is 5.10 Å². The van der Waals surface area contributed by atoms with Crippen LogP contribution in [-0.2, 0) is 13.5 Å². The van der Waals surface area contributed by atoms with Crippen LogP contribution in [0.15, 0.2) is 6.07 Å². The molecular formula is C11H19N3. The molecule has 0 amide bonds. The van der Waals surface area contributed by atoms with Gasteiger partial charge in [0.25, 0.3) is 0 Å². The van der Waals surface area contributed by atoms with Gasteiger partial charge in [0, 0.05) is 13.1 Å². The van der Waals surface area contributed by atoms with E-state index in [4.69, 9.17) is 5.73 Å². The predicted molar refractivity (Wildman–Crippen MR) is 57.9 cm³/mol. The van der Waals surface area contributed by atoms with E-state index in [1.54, 1.807) is 4.68 Å². The first-order chi connectivity index (χ1) is 6.75. The van der Waals surface area contributed by atoms with E-state index in [-0.39, 0.29) is 0 Å². The van der Waals surface area contributed by atoms with Gasteiger partial charge < -0.3 is 5.73 Å². The minimum atomic E-state index is 0.774. The maximum atomic E-state index is 5.75. The number of nitrogens with two attached hydrogens (primary N) is 1. The summed E-state index contributed by atoms with van der Waals surface area (Å²) in [5, 5.41) is 4.40. The van der Waals surface area contributed by atoms with E-state index in [0.717, 1.165) is 23.9 Å². The Balaban J connectivity index is 1.95. The molecule has 0 unspecified atom stereocenters. The second kappa shape index (κ2) is 4.03. The van der Waals surface area contributed by atoms with Gasteiger partial charge in [0.15, 0.2) is 0 Å². The highest BCUT2D eigenvalue weighted by Crippen LogP contribution is 2.26. The molecule has 78 valence electrons. The van der Waals surface area contributed by atoms with Crippen molar-refractivity contribution < 1.29 is 0 Å². The zero-order valence-corrected chi connectivity index (χ0v) is 8.87. The SMILES string of the molecule is Cn1nc(CC2CCCCC2)cc1N. The Hall–Kier alpha value is -0.990. The van der Waals surface area contributed by atoms with Crippen molar-refractivity contribution in [1.29, 1.82) is 0 Å². The fraction of sp³-hybridized carbons (Fsp3) is 0.727. The van der Waals surface area contributed by atoms with Crippen LogP contribution in [0.2, 0.25) is 0 Å². The van der Waals surface area contributed by atoms with Gasteiger partial charge in [-0.15, -0.1) is 0 Å². The van der Waals surface area contributed by atoms with Gasteiger partial charge in [0.1, 0.15) is 5.82 Å². The summed E-state index contributed by atoms with van der Waals surface area (Å²) >= 11 is 0. The molecule has 1 aliphatic rings. The van der Waals surface area contributed by atoms with Crippen LogP contribution in [0.3, 0.4) is 0 Å². The van der Waals surface area contributed by atoms with E-state index in [1.807, 2.05) is 13.1 Å². The van der Waals surface area contributed by atoms with Crippen molar-refractivity contribution in [1.82, 2.24) is 9.78 Å². The maximum absolute atomic E-state index is 5.75. The van der Waals surface area contributed by atoms with Crippen molar-refractivity contribution in [2.45, 2.75) is 38.5 Å². The number of hydrogen-bond acceptors (Lipinski definition) is 2. The summed E-state index contributed by atoms with van der Waals surface area (Å²) in [6.45, 7) is 0. The molecule has 1 aromatic rings. The Morgan fingerprint density at radius 2 is 2.14 bits per heavy atom.